The van der Waals surface area contributed by atoms with Crippen LogP contribution in [0.2, 0.25) is 0 Å². The number of carbonyl (C=O) groups is 1. The Kier molecular flexibility index (Phi) is 3.65. The van der Waals surface area contributed by atoms with Crippen molar-refractivity contribution in [3.8, 4) is 11.3 Å². The van der Waals surface area contributed by atoms with Crippen LogP contribution in [0.1, 0.15) is 10.5 Å². The zero-order chi connectivity index (χ0) is 18.3. The minimum absolute atomic E-state index is 0.215. The van der Waals surface area contributed by atoms with Crippen molar-refractivity contribution in [1.29, 1.82) is 0 Å². The number of halogens is 1. The second kappa shape index (κ2) is 5.99. The van der Waals surface area contributed by atoms with Gasteiger partial charge in [-0.1, -0.05) is 0 Å². The third kappa shape index (κ3) is 2.88. The summed E-state index contributed by atoms with van der Waals surface area (Å²) in [5.74, 6) is -1.29. The molecular weight excluding hydrogens is 339 g/mol. The Bertz CT molecular complexity index is 1170. The van der Waals surface area contributed by atoms with Gasteiger partial charge in [-0.3, -0.25) is 14.5 Å². The summed E-state index contributed by atoms with van der Waals surface area (Å²) in [6.45, 7) is 0. The third-order valence-electron chi connectivity index (χ3n) is 3.93. The van der Waals surface area contributed by atoms with Gasteiger partial charge in [0.05, 0.1) is 11.2 Å². The average Bonchev–Trinajstić information content (AvgIpc) is 3.17. The first-order chi connectivity index (χ1) is 12.5. The molecule has 0 saturated heterocycles. The van der Waals surface area contributed by atoms with Crippen LogP contribution in [0.25, 0.3) is 22.4 Å². The van der Waals surface area contributed by atoms with E-state index in [9.17, 15) is 14.0 Å². The second-order valence-corrected chi connectivity index (χ2v) is 5.72. The van der Waals surface area contributed by atoms with Gasteiger partial charge < -0.3 is 9.73 Å². The summed E-state index contributed by atoms with van der Waals surface area (Å²) < 4.78 is 19.6. The van der Waals surface area contributed by atoms with Crippen molar-refractivity contribution in [2.75, 3.05) is 5.32 Å². The van der Waals surface area contributed by atoms with Crippen LogP contribution in [0.4, 0.5) is 10.1 Å². The highest BCUT2D eigenvalue weighted by Gasteiger charge is 2.15. The molecule has 0 aliphatic rings. The van der Waals surface area contributed by atoms with Crippen molar-refractivity contribution >= 4 is 22.7 Å². The molecule has 7 nitrogen and oxygen atoms in total. The summed E-state index contributed by atoms with van der Waals surface area (Å²) in [5.41, 5.74) is 3.04. The molecule has 0 aliphatic carbocycles. The Morgan fingerprint density at radius 1 is 1.19 bits per heavy atom. The number of hydrogen-bond donors (Lipinski definition) is 2. The summed E-state index contributed by atoms with van der Waals surface area (Å²) in [7, 11) is 1.71. The number of hydrogen-bond acceptors (Lipinski definition) is 4. The van der Waals surface area contributed by atoms with Gasteiger partial charge in [0.25, 0.3) is 5.91 Å². The van der Waals surface area contributed by atoms with Crippen LogP contribution in [0.15, 0.2) is 57.7 Å². The van der Waals surface area contributed by atoms with Crippen LogP contribution >= 0.6 is 0 Å². The van der Waals surface area contributed by atoms with Gasteiger partial charge in [-0.2, -0.15) is 5.10 Å². The monoisotopic (exact) mass is 352 g/mol. The number of fused-ring (bicyclic) bond motifs is 1. The van der Waals surface area contributed by atoms with Gasteiger partial charge in [-0.25, -0.2) is 9.18 Å². The Morgan fingerprint density at radius 3 is 2.73 bits per heavy atom. The van der Waals surface area contributed by atoms with E-state index in [1.54, 1.807) is 48.1 Å². The Labute approximate surface area is 146 Å². The minimum Gasteiger partial charge on any atom is -0.408 e. The summed E-state index contributed by atoms with van der Waals surface area (Å²) in [6, 6.07) is 12.4. The molecule has 0 bridgehead atoms. The van der Waals surface area contributed by atoms with Gasteiger partial charge in [-0.05, 0) is 54.1 Å². The third-order valence-corrected chi connectivity index (χ3v) is 3.93. The predicted molar refractivity (Wildman–Crippen MR) is 93.4 cm³/mol. The molecule has 0 atom stereocenters. The van der Waals surface area contributed by atoms with E-state index in [0.29, 0.717) is 22.5 Å². The van der Waals surface area contributed by atoms with Gasteiger partial charge >= 0.3 is 5.76 Å². The Morgan fingerprint density at radius 2 is 1.96 bits per heavy atom. The van der Waals surface area contributed by atoms with E-state index in [2.05, 4.69) is 15.4 Å². The fraction of sp³-hybridized carbons (Fsp3) is 0.0556. The molecule has 130 valence electrons. The van der Waals surface area contributed by atoms with Crippen LogP contribution in [0, 0.1) is 5.82 Å². The van der Waals surface area contributed by atoms with Crippen LogP contribution in [-0.2, 0) is 7.05 Å². The number of carbonyl (C=O) groups excluding carboxylic acids is 1. The number of rotatable bonds is 3. The maximum absolute atomic E-state index is 13.1. The first-order valence-corrected chi connectivity index (χ1v) is 7.74. The molecule has 0 aliphatic heterocycles. The van der Waals surface area contributed by atoms with Gasteiger partial charge in [0.1, 0.15) is 5.82 Å². The molecule has 0 spiro atoms. The van der Waals surface area contributed by atoms with Crippen molar-refractivity contribution in [2.24, 2.45) is 7.05 Å². The average molecular weight is 352 g/mol. The van der Waals surface area contributed by atoms with Gasteiger partial charge in [0.2, 0.25) is 0 Å². The molecule has 1 amide bonds. The largest absolute Gasteiger partial charge is 0.417 e. The van der Waals surface area contributed by atoms with E-state index in [1.807, 2.05) is 0 Å². The van der Waals surface area contributed by atoms with E-state index in [1.165, 1.54) is 12.1 Å². The highest BCUT2D eigenvalue weighted by Crippen LogP contribution is 2.21. The highest BCUT2D eigenvalue weighted by molar-refractivity contribution is 6.04. The number of oxazole rings is 1. The van der Waals surface area contributed by atoms with E-state index in [0.717, 1.165) is 5.56 Å². The van der Waals surface area contributed by atoms with Crippen molar-refractivity contribution in [3.63, 3.8) is 0 Å². The Balaban J connectivity index is 1.60. The number of aryl methyl sites for hydroxylation is 1. The number of aromatic amines is 1. The highest BCUT2D eigenvalue weighted by atomic mass is 19.1. The molecule has 2 heterocycles. The molecule has 2 aromatic carbocycles. The van der Waals surface area contributed by atoms with Crippen molar-refractivity contribution in [3.05, 3.63) is 70.6 Å². The van der Waals surface area contributed by atoms with E-state index >= 15 is 0 Å². The van der Waals surface area contributed by atoms with Crippen molar-refractivity contribution < 1.29 is 13.6 Å². The lowest BCUT2D eigenvalue weighted by atomic mass is 10.1. The molecular formula is C18H13FN4O3. The van der Waals surface area contributed by atoms with Crippen LogP contribution in [0.3, 0.4) is 0 Å². The molecule has 2 N–H and O–H groups in total. The van der Waals surface area contributed by atoms with E-state index in [-0.39, 0.29) is 11.5 Å². The lowest BCUT2D eigenvalue weighted by Crippen LogP contribution is -2.12. The van der Waals surface area contributed by atoms with Crippen LogP contribution < -0.4 is 11.1 Å². The maximum Gasteiger partial charge on any atom is 0.417 e. The molecule has 0 fully saturated rings. The number of nitrogens with zero attached hydrogens (tertiary/aromatic N) is 2. The number of amides is 1. The Hall–Kier alpha value is -3.68. The number of benzene rings is 2. The van der Waals surface area contributed by atoms with Gasteiger partial charge in [0, 0.05) is 12.7 Å². The minimum atomic E-state index is -0.558. The number of anilines is 1. The zero-order valence-corrected chi connectivity index (χ0v) is 13.6. The lowest BCUT2D eigenvalue weighted by Gasteiger charge is -2.02. The fourth-order valence-electron chi connectivity index (χ4n) is 2.69. The summed E-state index contributed by atoms with van der Waals surface area (Å²) in [4.78, 5) is 26.2. The van der Waals surface area contributed by atoms with Gasteiger partial charge in [0.15, 0.2) is 11.3 Å². The zero-order valence-electron chi connectivity index (χ0n) is 13.6. The second-order valence-electron chi connectivity index (χ2n) is 5.72. The predicted octanol–water partition coefficient (Wildman–Crippen LogP) is 2.91. The summed E-state index contributed by atoms with van der Waals surface area (Å²) in [6.07, 6.45) is 0. The maximum atomic E-state index is 13.1. The topological polar surface area (TPSA) is 92.9 Å². The molecule has 0 radical (unpaired) electrons. The standard InChI is InChI=1S/C18H13FN4O3/c1-23-15(10-2-4-11(19)5-3-10)9-14(22-23)17(24)20-12-6-7-16-13(8-12)21-18(25)26-16/h2-9H,1H3,(H,20,24)(H,21,25). The SMILES string of the molecule is Cn1nc(C(=O)Nc2ccc3oc(=O)[nH]c3c2)cc1-c1ccc(F)cc1. The normalized spacial score (nSPS) is 11.0. The molecule has 4 rings (SSSR count). The smallest absolute Gasteiger partial charge is 0.408 e. The molecule has 0 unspecified atom stereocenters. The van der Waals surface area contributed by atoms with Gasteiger partial charge in [-0.15, -0.1) is 0 Å². The van der Waals surface area contributed by atoms with E-state index in [4.69, 9.17) is 4.42 Å². The lowest BCUT2D eigenvalue weighted by molar-refractivity contribution is 0.102. The fourth-order valence-corrected chi connectivity index (χ4v) is 2.69. The number of nitrogens with one attached hydrogen (secondary N) is 2. The first kappa shape index (κ1) is 15.8. The summed E-state index contributed by atoms with van der Waals surface area (Å²) in [5, 5.41) is 6.93. The first-order valence-electron chi connectivity index (χ1n) is 7.74. The van der Waals surface area contributed by atoms with E-state index < -0.39 is 11.7 Å². The molecule has 26 heavy (non-hydrogen) atoms. The summed E-state index contributed by atoms with van der Waals surface area (Å²) >= 11 is 0. The molecule has 0 saturated carbocycles. The van der Waals surface area contributed by atoms with Crippen LogP contribution in [0.5, 0.6) is 0 Å². The molecule has 8 heteroatoms. The number of H-pyrrole nitrogens is 1. The van der Waals surface area contributed by atoms with Crippen molar-refractivity contribution in [1.82, 2.24) is 14.8 Å². The van der Waals surface area contributed by atoms with Crippen molar-refractivity contribution in [2.45, 2.75) is 0 Å². The van der Waals surface area contributed by atoms with Crippen LogP contribution in [-0.4, -0.2) is 20.7 Å². The quantitative estimate of drug-likeness (QED) is 0.593. The molecule has 2 aromatic heterocycles. The number of aromatic nitrogens is 3. The molecule has 4 aromatic rings.